The molecular formula is C24H24N2O2S. The zero-order chi connectivity index (χ0) is 20.5. The van der Waals surface area contributed by atoms with Gasteiger partial charge in [-0.1, -0.05) is 36.4 Å². The summed E-state index contributed by atoms with van der Waals surface area (Å²) in [6.07, 6.45) is 0.682. The average Bonchev–Trinajstić information content (AvgIpc) is 3.14. The van der Waals surface area contributed by atoms with Crippen molar-refractivity contribution in [1.82, 2.24) is 0 Å². The van der Waals surface area contributed by atoms with Gasteiger partial charge in [0.05, 0.1) is 10.9 Å². The molecule has 1 aliphatic rings. The lowest BCUT2D eigenvalue weighted by Crippen LogP contribution is -2.47. The Hall–Kier alpha value is -2.92. The number of nitrogens with zero attached hydrogens (tertiary/aromatic N) is 2. The normalized spacial score (nSPS) is 18.2. The molecule has 2 atom stereocenters. The number of amides is 2. The number of para-hydroxylation sites is 2. The number of thiophene rings is 1. The molecule has 0 N–H and O–H groups in total. The van der Waals surface area contributed by atoms with Crippen molar-refractivity contribution >= 4 is 34.5 Å². The summed E-state index contributed by atoms with van der Waals surface area (Å²) >= 11 is 1.48. The molecule has 2 unspecified atom stereocenters. The zero-order valence-electron chi connectivity index (χ0n) is 16.8. The Morgan fingerprint density at radius 1 is 1.03 bits per heavy atom. The maximum absolute atomic E-state index is 13.4. The van der Waals surface area contributed by atoms with Crippen molar-refractivity contribution in [2.45, 2.75) is 39.3 Å². The van der Waals surface area contributed by atoms with Gasteiger partial charge in [0.25, 0.3) is 5.91 Å². The van der Waals surface area contributed by atoms with Crippen LogP contribution in [0.5, 0.6) is 0 Å². The van der Waals surface area contributed by atoms with Gasteiger partial charge in [0.1, 0.15) is 0 Å². The van der Waals surface area contributed by atoms with E-state index in [-0.39, 0.29) is 23.9 Å². The second kappa shape index (κ2) is 7.84. The van der Waals surface area contributed by atoms with Gasteiger partial charge >= 0.3 is 0 Å². The number of hydrogen-bond acceptors (Lipinski definition) is 3. The van der Waals surface area contributed by atoms with Crippen LogP contribution in [0.15, 0.2) is 66.0 Å². The lowest BCUT2D eigenvalue weighted by atomic mass is 9.89. The highest BCUT2D eigenvalue weighted by Crippen LogP contribution is 2.43. The lowest BCUT2D eigenvalue weighted by molar-refractivity contribution is -0.117. The van der Waals surface area contributed by atoms with Gasteiger partial charge in [-0.2, -0.15) is 0 Å². The van der Waals surface area contributed by atoms with E-state index in [2.05, 4.69) is 6.92 Å². The number of fused-ring (bicyclic) bond motifs is 1. The van der Waals surface area contributed by atoms with Crippen LogP contribution < -0.4 is 9.80 Å². The number of hydrogen-bond donors (Lipinski definition) is 0. The van der Waals surface area contributed by atoms with Gasteiger partial charge in [0, 0.05) is 24.3 Å². The minimum absolute atomic E-state index is 0.00270. The first-order valence-corrected chi connectivity index (χ1v) is 10.7. The third-order valence-electron chi connectivity index (χ3n) is 5.52. The molecule has 3 aromatic rings. The molecule has 1 aliphatic heterocycles. The van der Waals surface area contributed by atoms with Crippen LogP contribution in [0.3, 0.4) is 0 Å². The summed E-state index contributed by atoms with van der Waals surface area (Å²) in [6.45, 7) is 5.64. The minimum atomic E-state index is -0.116. The summed E-state index contributed by atoms with van der Waals surface area (Å²) in [5.41, 5.74) is 3.77. The van der Waals surface area contributed by atoms with E-state index in [1.54, 1.807) is 6.92 Å². The monoisotopic (exact) mass is 404 g/mol. The average molecular weight is 405 g/mol. The summed E-state index contributed by atoms with van der Waals surface area (Å²) in [5.74, 6) is 0.0297. The molecule has 0 fully saturated rings. The predicted molar refractivity (Wildman–Crippen MR) is 119 cm³/mol. The topological polar surface area (TPSA) is 40.6 Å². The smallest absolute Gasteiger partial charge is 0.268 e. The third kappa shape index (κ3) is 3.47. The quantitative estimate of drug-likeness (QED) is 0.571. The molecule has 29 heavy (non-hydrogen) atoms. The van der Waals surface area contributed by atoms with Crippen LogP contribution in [0, 0.1) is 6.92 Å². The Morgan fingerprint density at radius 3 is 2.38 bits per heavy atom. The maximum Gasteiger partial charge on any atom is 0.268 e. The van der Waals surface area contributed by atoms with Crippen molar-refractivity contribution in [3.63, 3.8) is 0 Å². The molecule has 0 aliphatic carbocycles. The van der Waals surface area contributed by atoms with Gasteiger partial charge in [-0.25, -0.2) is 0 Å². The lowest BCUT2D eigenvalue weighted by Gasteiger charge is -2.43. The van der Waals surface area contributed by atoms with Crippen molar-refractivity contribution < 1.29 is 9.59 Å². The zero-order valence-corrected chi connectivity index (χ0v) is 17.6. The molecule has 0 radical (unpaired) electrons. The highest BCUT2D eigenvalue weighted by atomic mass is 32.1. The second-order valence-electron chi connectivity index (χ2n) is 7.49. The van der Waals surface area contributed by atoms with E-state index in [4.69, 9.17) is 0 Å². The third-order valence-corrected chi connectivity index (χ3v) is 6.53. The molecule has 2 heterocycles. The first kappa shape index (κ1) is 19.4. The standard InChI is InChI=1S/C24H24N2O2S/c1-16-13-14-29-23(16)24(28)25-17(2)15-22(20-11-7-8-12-21(20)25)26(18(3)27)19-9-5-4-6-10-19/h4-14,17,22H,15H2,1-3H3. The molecule has 5 heteroatoms. The second-order valence-corrected chi connectivity index (χ2v) is 8.41. The minimum Gasteiger partial charge on any atom is -0.305 e. The first-order chi connectivity index (χ1) is 14.0. The van der Waals surface area contributed by atoms with E-state index in [0.717, 1.165) is 27.4 Å². The van der Waals surface area contributed by atoms with Crippen molar-refractivity contribution in [3.8, 4) is 0 Å². The van der Waals surface area contributed by atoms with E-state index in [9.17, 15) is 9.59 Å². The van der Waals surface area contributed by atoms with E-state index in [1.165, 1.54) is 11.3 Å². The molecular weight excluding hydrogens is 380 g/mol. The Balaban J connectivity index is 1.80. The number of benzene rings is 2. The molecule has 148 valence electrons. The van der Waals surface area contributed by atoms with Gasteiger partial charge in [0.2, 0.25) is 5.91 Å². The van der Waals surface area contributed by atoms with E-state index in [0.29, 0.717) is 6.42 Å². The highest BCUT2D eigenvalue weighted by molar-refractivity contribution is 7.12. The Labute approximate surface area is 175 Å². The number of carbonyl (C=O) groups excluding carboxylic acids is 2. The fraction of sp³-hybridized carbons (Fsp3) is 0.250. The van der Waals surface area contributed by atoms with Crippen LogP contribution in [-0.4, -0.2) is 17.9 Å². The Kier molecular flexibility index (Phi) is 5.24. The number of aryl methyl sites for hydroxylation is 1. The Bertz CT molecular complexity index is 1040. The molecule has 4 nitrogen and oxygen atoms in total. The molecule has 2 aromatic carbocycles. The van der Waals surface area contributed by atoms with Crippen LogP contribution in [0.1, 0.15) is 47.1 Å². The SMILES string of the molecule is CC(=O)N(c1ccccc1)C1CC(C)N(C(=O)c2sccc2C)c2ccccc21. The summed E-state index contributed by atoms with van der Waals surface area (Å²) in [5, 5.41) is 1.96. The summed E-state index contributed by atoms with van der Waals surface area (Å²) in [7, 11) is 0. The summed E-state index contributed by atoms with van der Waals surface area (Å²) in [6, 6.07) is 19.5. The van der Waals surface area contributed by atoms with Crippen LogP contribution in [-0.2, 0) is 4.79 Å². The van der Waals surface area contributed by atoms with Crippen molar-refractivity contribution in [1.29, 1.82) is 0 Å². The van der Waals surface area contributed by atoms with Crippen molar-refractivity contribution in [3.05, 3.63) is 82.0 Å². The predicted octanol–water partition coefficient (Wildman–Crippen LogP) is 5.59. The van der Waals surface area contributed by atoms with Gasteiger partial charge in [-0.3, -0.25) is 9.59 Å². The van der Waals surface area contributed by atoms with Gasteiger partial charge in [0.15, 0.2) is 0 Å². The van der Waals surface area contributed by atoms with Crippen molar-refractivity contribution in [2.75, 3.05) is 9.80 Å². The van der Waals surface area contributed by atoms with Crippen LogP contribution in [0.2, 0.25) is 0 Å². The molecule has 0 saturated carbocycles. The molecule has 4 rings (SSSR count). The van der Waals surface area contributed by atoms with E-state index < -0.39 is 0 Å². The largest absolute Gasteiger partial charge is 0.305 e. The first-order valence-electron chi connectivity index (χ1n) is 9.80. The van der Waals surface area contributed by atoms with Crippen LogP contribution in [0.4, 0.5) is 11.4 Å². The summed E-state index contributed by atoms with van der Waals surface area (Å²) < 4.78 is 0. The molecule has 2 amide bonds. The van der Waals surface area contributed by atoms with Gasteiger partial charge < -0.3 is 9.80 Å². The van der Waals surface area contributed by atoms with Crippen molar-refractivity contribution in [2.24, 2.45) is 0 Å². The van der Waals surface area contributed by atoms with Gasteiger partial charge in [-0.15, -0.1) is 11.3 Å². The number of anilines is 2. The maximum atomic E-state index is 13.4. The fourth-order valence-electron chi connectivity index (χ4n) is 4.21. The van der Waals surface area contributed by atoms with E-state index in [1.807, 2.05) is 82.8 Å². The highest BCUT2D eigenvalue weighted by Gasteiger charge is 2.38. The summed E-state index contributed by atoms with van der Waals surface area (Å²) in [4.78, 5) is 30.6. The van der Waals surface area contributed by atoms with Gasteiger partial charge in [-0.05, 0) is 61.0 Å². The molecule has 1 aromatic heterocycles. The fourth-order valence-corrected chi connectivity index (χ4v) is 5.07. The Morgan fingerprint density at radius 2 is 1.72 bits per heavy atom. The molecule has 0 spiro atoms. The van der Waals surface area contributed by atoms with Crippen LogP contribution in [0.25, 0.3) is 0 Å². The van der Waals surface area contributed by atoms with Crippen LogP contribution >= 0.6 is 11.3 Å². The molecule has 0 bridgehead atoms. The number of carbonyl (C=O) groups is 2. The number of rotatable bonds is 3. The molecule has 0 saturated heterocycles. The van der Waals surface area contributed by atoms with E-state index >= 15 is 0 Å².